The number of fused-ring (bicyclic) bond motifs is 1. The van der Waals surface area contributed by atoms with E-state index in [0.29, 0.717) is 16.4 Å². The van der Waals surface area contributed by atoms with Gasteiger partial charge in [-0.2, -0.15) is 0 Å². The third kappa shape index (κ3) is 1.96. The molecule has 0 unspecified atom stereocenters. The molecule has 94 valence electrons. The first-order chi connectivity index (χ1) is 9.16. The van der Waals surface area contributed by atoms with Crippen molar-refractivity contribution < 1.29 is 9.90 Å². The molecule has 5 heteroatoms. The van der Waals surface area contributed by atoms with E-state index in [1.165, 1.54) is 6.07 Å². The van der Waals surface area contributed by atoms with Crippen LogP contribution >= 0.6 is 11.6 Å². The minimum atomic E-state index is -0.992. The van der Waals surface area contributed by atoms with Crippen LogP contribution in [0.25, 0.3) is 16.9 Å². The summed E-state index contributed by atoms with van der Waals surface area (Å²) in [5.74, 6) is -0.992. The van der Waals surface area contributed by atoms with E-state index in [0.717, 1.165) is 5.56 Å². The van der Waals surface area contributed by atoms with E-state index in [1.807, 2.05) is 18.2 Å². The predicted molar refractivity (Wildman–Crippen MR) is 72.6 cm³/mol. The first kappa shape index (κ1) is 11.7. The minimum absolute atomic E-state index is 0.170. The van der Waals surface area contributed by atoms with Crippen molar-refractivity contribution in [1.82, 2.24) is 9.38 Å². The third-order valence-electron chi connectivity index (χ3n) is 2.86. The van der Waals surface area contributed by atoms with Gasteiger partial charge in [0, 0.05) is 11.8 Å². The first-order valence-electron chi connectivity index (χ1n) is 5.63. The molecule has 0 saturated carbocycles. The summed E-state index contributed by atoms with van der Waals surface area (Å²) in [6, 6.07) is 12.3. The number of carbonyl (C=O) groups is 1. The van der Waals surface area contributed by atoms with Gasteiger partial charge in [0.2, 0.25) is 0 Å². The summed E-state index contributed by atoms with van der Waals surface area (Å²) >= 11 is 6.12. The Morgan fingerprint density at radius 1 is 1.16 bits per heavy atom. The molecule has 0 aliphatic carbocycles. The molecule has 0 amide bonds. The number of carboxylic acid groups (broad SMARTS) is 1. The molecule has 3 aromatic rings. The van der Waals surface area contributed by atoms with Crippen molar-refractivity contribution in [1.29, 1.82) is 0 Å². The maximum absolute atomic E-state index is 11.2. The van der Waals surface area contributed by atoms with Crippen LogP contribution in [-0.4, -0.2) is 20.5 Å². The van der Waals surface area contributed by atoms with E-state index in [4.69, 9.17) is 16.7 Å². The Hall–Kier alpha value is -2.33. The number of aromatic carboxylic acids is 1. The maximum atomic E-state index is 11.2. The van der Waals surface area contributed by atoms with Gasteiger partial charge in [-0.1, -0.05) is 35.9 Å². The topological polar surface area (TPSA) is 54.6 Å². The van der Waals surface area contributed by atoms with Crippen LogP contribution in [0.4, 0.5) is 0 Å². The highest BCUT2D eigenvalue weighted by molar-refractivity contribution is 6.33. The lowest BCUT2D eigenvalue weighted by molar-refractivity contribution is 0.0689. The van der Waals surface area contributed by atoms with Crippen LogP contribution in [0.3, 0.4) is 0 Å². The number of halogens is 1. The number of rotatable bonds is 2. The number of carboxylic acids is 1. The van der Waals surface area contributed by atoms with Crippen LogP contribution in [0.1, 0.15) is 10.5 Å². The van der Waals surface area contributed by atoms with Gasteiger partial charge in [-0.3, -0.25) is 4.40 Å². The van der Waals surface area contributed by atoms with E-state index in [9.17, 15) is 4.79 Å². The quantitative estimate of drug-likeness (QED) is 0.778. The highest BCUT2D eigenvalue weighted by atomic mass is 35.5. The molecule has 1 aromatic carbocycles. The van der Waals surface area contributed by atoms with E-state index in [-0.39, 0.29) is 5.69 Å². The molecular formula is C14H9ClN2O2. The van der Waals surface area contributed by atoms with Crippen molar-refractivity contribution in [2.75, 3.05) is 0 Å². The molecule has 0 atom stereocenters. The smallest absolute Gasteiger partial charge is 0.352 e. The van der Waals surface area contributed by atoms with Crippen molar-refractivity contribution >= 4 is 23.2 Å². The van der Waals surface area contributed by atoms with Crippen LogP contribution in [0.5, 0.6) is 0 Å². The van der Waals surface area contributed by atoms with Crippen molar-refractivity contribution in [3.8, 4) is 11.3 Å². The highest BCUT2D eigenvalue weighted by Gasteiger charge is 2.12. The summed E-state index contributed by atoms with van der Waals surface area (Å²) < 4.78 is 1.54. The Morgan fingerprint density at radius 2 is 1.95 bits per heavy atom. The zero-order chi connectivity index (χ0) is 13.4. The van der Waals surface area contributed by atoms with Crippen LogP contribution in [-0.2, 0) is 0 Å². The maximum Gasteiger partial charge on any atom is 0.352 e. The number of pyridine rings is 1. The van der Waals surface area contributed by atoms with Crippen LogP contribution in [0.2, 0.25) is 5.02 Å². The Labute approximate surface area is 113 Å². The fourth-order valence-corrected chi connectivity index (χ4v) is 2.22. The van der Waals surface area contributed by atoms with Crippen molar-refractivity contribution in [2.24, 2.45) is 0 Å². The monoisotopic (exact) mass is 272 g/mol. The SMILES string of the molecule is O=C(O)c1cccc2nc(-c3ccccc3Cl)cn12. The lowest BCUT2D eigenvalue weighted by atomic mass is 10.2. The zero-order valence-corrected chi connectivity index (χ0v) is 10.5. The summed E-state index contributed by atoms with van der Waals surface area (Å²) in [5.41, 5.74) is 2.18. The molecule has 2 heterocycles. The summed E-state index contributed by atoms with van der Waals surface area (Å²) in [6.07, 6.45) is 1.68. The van der Waals surface area contributed by atoms with Gasteiger partial charge < -0.3 is 5.11 Å². The molecule has 3 rings (SSSR count). The molecule has 0 spiro atoms. The van der Waals surface area contributed by atoms with Gasteiger partial charge in [0.1, 0.15) is 11.3 Å². The first-order valence-corrected chi connectivity index (χ1v) is 6.01. The molecule has 0 aliphatic rings. The normalized spacial score (nSPS) is 10.8. The molecule has 4 nitrogen and oxygen atoms in total. The average Bonchev–Trinajstić information content (AvgIpc) is 2.82. The summed E-state index contributed by atoms with van der Waals surface area (Å²) in [4.78, 5) is 15.6. The fraction of sp³-hybridized carbons (Fsp3) is 0. The van der Waals surface area contributed by atoms with E-state index in [1.54, 1.807) is 28.8 Å². The van der Waals surface area contributed by atoms with E-state index in [2.05, 4.69) is 4.98 Å². The number of nitrogens with zero attached hydrogens (tertiary/aromatic N) is 2. The second-order valence-electron chi connectivity index (χ2n) is 4.05. The molecule has 0 aliphatic heterocycles. The average molecular weight is 273 g/mol. The minimum Gasteiger partial charge on any atom is -0.477 e. The molecule has 0 radical (unpaired) electrons. The van der Waals surface area contributed by atoms with Crippen molar-refractivity contribution in [3.63, 3.8) is 0 Å². The van der Waals surface area contributed by atoms with Gasteiger partial charge in [-0.15, -0.1) is 0 Å². The number of benzene rings is 1. The molecule has 1 N–H and O–H groups in total. The number of imidazole rings is 1. The molecule has 0 bridgehead atoms. The van der Waals surface area contributed by atoms with E-state index < -0.39 is 5.97 Å². The molecule has 0 fully saturated rings. The van der Waals surface area contributed by atoms with Crippen molar-refractivity contribution in [3.05, 3.63) is 59.4 Å². The number of aromatic nitrogens is 2. The van der Waals surface area contributed by atoms with E-state index >= 15 is 0 Å². The number of hydrogen-bond donors (Lipinski definition) is 1. The molecular weight excluding hydrogens is 264 g/mol. The van der Waals surface area contributed by atoms with Gasteiger partial charge in [-0.05, 0) is 18.2 Å². The third-order valence-corrected chi connectivity index (χ3v) is 3.19. The Kier molecular flexibility index (Phi) is 2.72. The van der Waals surface area contributed by atoms with Gasteiger partial charge in [-0.25, -0.2) is 9.78 Å². The summed E-state index contributed by atoms with van der Waals surface area (Å²) in [7, 11) is 0. The van der Waals surface area contributed by atoms with Gasteiger partial charge >= 0.3 is 5.97 Å². The zero-order valence-electron chi connectivity index (χ0n) is 9.75. The molecule has 19 heavy (non-hydrogen) atoms. The van der Waals surface area contributed by atoms with Gasteiger partial charge in [0.25, 0.3) is 0 Å². The van der Waals surface area contributed by atoms with Gasteiger partial charge in [0.15, 0.2) is 0 Å². The second-order valence-corrected chi connectivity index (χ2v) is 4.46. The van der Waals surface area contributed by atoms with Crippen molar-refractivity contribution in [2.45, 2.75) is 0 Å². The fourth-order valence-electron chi connectivity index (χ4n) is 1.98. The Morgan fingerprint density at radius 3 is 2.68 bits per heavy atom. The molecule has 0 saturated heterocycles. The standard InChI is InChI=1S/C14H9ClN2O2/c15-10-5-2-1-4-9(10)11-8-17-12(14(18)19)6-3-7-13(17)16-11/h1-8H,(H,18,19). The lowest BCUT2D eigenvalue weighted by Gasteiger charge is -1.98. The molecule has 2 aromatic heterocycles. The van der Waals surface area contributed by atoms with Crippen LogP contribution < -0.4 is 0 Å². The van der Waals surface area contributed by atoms with Gasteiger partial charge in [0.05, 0.1) is 10.7 Å². The van der Waals surface area contributed by atoms with Crippen LogP contribution in [0, 0.1) is 0 Å². The largest absolute Gasteiger partial charge is 0.477 e. The Bertz CT molecular complexity index is 780. The summed E-state index contributed by atoms with van der Waals surface area (Å²) in [5, 5.41) is 9.73. The van der Waals surface area contributed by atoms with Crippen LogP contribution in [0.15, 0.2) is 48.7 Å². The predicted octanol–water partition coefficient (Wildman–Crippen LogP) is 3.35. The number of hydrogen-bond acceptors (Lipinski definition) is 2. The Balaban J connectivity index is 2.26. The second kappa shape index (κ2) is 4.40. The lowest BCUT2D eigenvalue weighted by Crippen LogP contribution is -2.03. The summed E-state index contributed by atoms with van der Waals surface area (Å²) in [6.45, 7) is 0. The highest BCUT2D eigenvalue weighted by Crippen LogP contribution is 2.27.